The van der Waals surface area contributed by atoms with Crippen molar-refractivity contribution in [1.29, 1.82) is 0 Å². The second kappa shape index (κ2) is 5.78. The van der Waals surface area contributed by atoms with Gasteiger partial charge < -0.3 is 14.8 Å². The average molecular weight is 289 g/mol. The standard InChI is InChI=1S/C17H23NO3/c1-17(13-6-4-3-5-7-13)8-12(9-17)16(19)18-14-10-21-11-15(14)20-2/h3-7,12,14-15H,8-11H2,1-2H3,(H,18,19)/t12?,14-,15+,17?/m0/s1. The van der Waals surface area contributed by atoms with E-state index in [0.29, 0.717) is 13.2 Å². The Bertz CT molecular complexity index is 496. The zero-order valence-corrected chi connectivity index (χ0v) is 12.7. The maximum atomic E-state index is 12.3. The van der Waals surface area contributed by atoms with Crippen LogP contribution in [0.15, 0.2) is 30.3 Å². The summed E-state index contributed by atoms with van der Waals surface area (Å²) in [6.45, 7) is 3.35. The van der Waals surface area contributed by atoms with Crippen LogP contribution in [0, 0.1) is 5.92 Å². The predicted molar refractivity (Wildman–Crippen MR) is 80.1 cm³/mol. The van der Waals surface area contributed by atoms with E-state index in [1.165, 1.54) is 5.56 Å². The quantitative estimate of drug-likeness (QED) is 0.920. The summed E-state index contributed by atoms with van der Waals surface area (Å²) in [5.41, 5.74) is 1.46. The van der Waals surface area contributed by atoms with Gasteiger partial charge in [-0.15, -0.1) is 0 Å². The van der Waals surface area contributed by atoms with Crippen LogP contribution in [-0.2, 0) is 19.7 Å². The lowest BCUT2D eigenvalue weighted by Gasteiger charge is -2.45. The molecule has 2 aliphatic rings. The van der Waals surface area contributed by atoms with Crippen LogP contribution in [0.2, 0.25) is 0 Å². The molecule has 2 atom stereocenters. The Labute approximate surface area is 125 Å². The molecule has 1 aliphatic heterocycles. The van der Waals surface area contributed by atoms with Gasteiger partial charge in [0.2, 0.25) is 5.91 Å². The van der Waals surface area contributed by atoms with E-state index < -0.39 is 0 Å². The second-order valence-corrected chi connectivity index (χ2v) is 6.46. The molecular formula is C17H23NO3. The minimum absolute atomic E-state index is 0.00826. The fraction of sp³-hybridized carbons (Fsp3) is 0.588. The number of amides is 1. The first-order chi connectivity index (χ1) is 10.1. The van der Waals surface area contributed by atoms with Crippen molar-refractivity contribution in [3.63, 3.8) is 0 Å². The Hall–Kier alpha value is -1.39. The van der Waals surface area contributed by atoms with Crippen LogP contribution in [-0.4, -0.2) is 38.4 Å². The van der Waals surface area contributed by atoms with Crippen LogP contribution in [0.5, 0.6) is 0 Å². The molecule has 1 aromatic rings. The maximum Gasteiger partial charge on any atom is 0.223 e. The number of hydrogen-bond donors (Lipinski definition) is 1. The van der Waals surface area contributed by atoms with Crippen LogP contribution in [0.3, 0.4) is 0 Å². The Balaban J connectivity index is 1.55. The number of hydrogen-bond acceptors (Lipinski definition) is 3. The van der Waals surface area contributed by atoms with Gasteiger partial charge in [-0.2, -0.15) is 0 Å². The normalized spacial score (nSPS) is 35.2. The van der Waals surface area contributed by atoms with E-state index in [-0.39, 0.29) is 29.4 Å². The van der Waals surface area contributed by atoms with Gasteiger partial charge in [0, 0.05) is 13.0 Å². The molecule has 1 amide bonds. The fourth-order valence-electron chi connectivity index (χ4n) is 3.49. The Morgan fingerprint density at radius 3 is 2.67 bits per heavy atom. The molecule has 4 heteroatoms. The molecule has 1 heterocycles. The molecule has 21 heavy (non-hydrogen) atoms. The molecule has 0 spiro atoms. The minimum Gasteiger partial charge on any atom is -0.377 e. The van der Waals surface area contributed by atoms with E-state index in [4.69, 9.17) is 9.47 Å². The Morgan fingerprint density at radius 1 is 1.29 bits per heavy atom. The van der Waals surface area contributed by atoms with Crippen molar-refractivity contribution < 1.29 is 14.3 Å². The number of carbonyl (C=O) groups is 1. The van der Waals surface area contributed by atoms with Gasteiger partial charge in [0.25, 0.3) is 0 Å². The largest absolute Gasteiger partial charge is 0.377 e. The van der Waals surface area contributed by atoms with Crippen molar-refractivity contribution in [3.8, 4) is 0 Å². The molecule has 1 saturated heterocycles. The monoisotopic (exact) mass is 289 g/mol. The van der Waals surface area contributed by atoms with E-state index in [9.17, 15) is 4.79 Å². The summed E-state index contributed by atoms with van der Waals surface area (Å²) in [4.78, 5) is 12.3. The number of rotatable bonds is 4. The summed E-state index contributed by atoms with van der Waals surface area (Å²) in [5.74, 6) is 0.245. The van der Waals surface area contributed by atoms with Crippen molar-refractivity contribution in [2.75, 3.05) is 20.3 Å². The van der Waals surface area contributed by atoms with Gasteiger partial charge in [0.1, 0.15) is 6.10 Å². The molecule has 1 saturated carbocycles. The van der Waals surface area contributed by atoms with E-state index >= 15 is 0 Å². The van der Waals surface area contributed by atoms with Gasteiger partial charge in [-0.3, -0.25) is 4.79 Å². The third-order valence-electron chi connectivity index (χ3n) is 4.89. The highest BCUT2D eigenvalue weighted by Gasteiger charge is 2.45. The number of nitrogens with one attached hydrogen (secondary N) is 1. The number of benzene rings is 1. The molecule has 2 fully saturated rings. The van der Waals surface area contributed by atoms with Crippen molar-refractivity contribution in [2.45, 2.75) is 37.3 Å². The van der Waals surface area contributed by atoms with E-state index in [2.05, 4.69) is 36.5 Å². The second-order valence-electron chi connectivity index (χ2n) is 6.46. The lowest BCUT2D eigenvalue weighted by molar-refractivity contribution is -0.131. The van der Waals surface area contributed by atoms with Crippen LogP contribution >= 0.6 is 0 Å². The van der Waals surface area contributed by atoms with Crippen molar-refractivity contribution in [3.05, 3.63) is 35.9 Å². The lowest BCUT2D eigenvalue weighted by atomic mass is 9.59. The zero-order chi connectivity index (χ0) is 14.9. The van der Waals surface area contributed by atoms with E-state index in [1.54, 1.807) is 7.11 Å². The van der Waals surface area contributed by atoms with E-state index in [1.807, 2.05) is 6.07 Å². The number of ether oxygens (including phenoxy) is 2. The number of methoxy groups -OCH3 is 1. The first-order valence-electron chi connectivity index (χ1n) is 7.59. The SMILES string of the molecule is CO[C@@H]1COC[C@@H]1NC(=O)C1CC(C)(c2ccccc2)C1. The highest BCUT2D eigenvalue weighted by Crippen LogP contribution is 2.47. The van der Waals surface area contributed by atoms with Crippen molar-refractivity contribution >= 4 is 5.91 Å². The Kier molecular flexibility index (Phi) is 4.00. The molecule has 0 aromatic heterocycles. The molecule has 0 radical (unpaired) electrons. The average Bonchev–Trinajstić information content (AvgIpc) is 2.92. The van der Waals surface area contributed by atoms with Gasteiger partial charge in [-0.1, -0.05) is 37.3 Å². The molecule has 4 nitrogen and oxygen atoms in total. The molecule has 1 aliphatic carbocycles. The lowest BCUT2D eigenvalue weighted by Crippen LogP contribution is -2.51. The predicted octanol–water partition coefficient (Wildman–Crippen LogP) is 1.88. The molecule has 1 N–H and O–H groups in total. The molecule has 114 valence electrons. The molecule has 0 bridgehead atoms. The van der Waals surface area contributed by atoms with Crippen LogP contribution in [0.25, 0.3) is 0 Å². The van der Waals surface area contributed by atoms with E-state index in [0.717, 1.165) is 12.8 Å². The summed E-state index contributed by atoms with van der Waals surface area (Å²) >= 11 is 0. The zero-order valence-electron chi connectivity index (χ0n) is 12.7. The van der Waals surface area contributed by atoms with Crippen molar-refractivity contribution in [1.82, 2.24) is 5.32 Å². The first kappa shape index (κ1) is 14.5. The van der Waals surface area contributed by atoms with Crippen molar-refractivity contribution in [2.24, 2.45) is 5.92 Å². The van der Waals surface area contributed by atoms with Gasteiger partial charge in [0.15, 0.2) is 0 Å². The first-order valence-corrected chi connectivity index (χ1v) is 7.59. The highest BCUT2D eigenvalue weighted by atomic mass is 16.5. The van der Waals surface area contributed by atoms with Gasteiger partial charge in [-0.25, -0.2) is 0 Å². The van der Waals surface area contributed by atoms with Gasteiger partial charge in [-0.05, 0) is 23.8 Å². The van der Waals surface area contributed by atoms with Crippen LogP contribution in [0.4, 0.5) is 0 Å². The summed E-state index contributed by atoms with van der Waals surface area (Å²) in [7, 11) is 1.66. The third kappa shape index (κ3) is 2.83. The topological polar surface area (TPSA) is 47.6 Å². The van der Waals surface area contributed by atoms with Gasteiger partial charge in [0.05, 0.1) is 19.3 Å². The molecule has 1 aromatic carbocycles. The van der Waals surface area contributed by atoms with Crippen LogP contribution < -0.4 is 5.32 Å². The molecular weight excluding hydrogens is 266 g/mol. The highest BCUT2D eigenvalue weighted by molar-refractivity contribution is 5.80. The van der Waals surface area contributed by atoms with Crippen LogP contribution in [0.1, 0.15) is 25.3 Å². The number of carbonyl (C=O) groups excluding carboxylic acids is 1. The minimum atomic E-state index is -0.0190. The maximum absolute atomic E-state index is 12.3. The fourth-order valence-corrected chi connectivity index (χ4v) is 3.49. The summed E-state index contributed by atoms with van der Waals surface area (Å²) in [5, 5.41) is 3.08. The summed E-state index contributed by atoms with van der Waals surface area (Å²) in [6.07, 6.45) is 1.80. The summed E-state index contributed by atoms with van der Waals surface area (Å²) in [6, 6.07) is 10.5. The summed E-state index contributed by atoms with van der Waals surface area (Å²) < 4.78 is 10.7. The molecule has 3 rings (SSSR count). The third-order valence-corrected chi connectivity index (χ3v) is 4.89. The Morgan fingerprint density at radius 2 is 2.00 bits per heavy atom. The molecule has 0 unspecified atom stereocenters. The smallest absolute Gasteiger partial charge is 0.223 e. The van der Waals surface area contributed by atoms with Gasteiger partial charge >= 0.3 is 0 Å².